The lowest BCUT2D eigenvalue weighted by Gasteiger charge is -2.35. The van der Waals surface area contributed by atoms with Crippen molar-refractivity contribution in [3.8, 4) is 0 Å². The van der Waals surface area contributed by atoms with Gasteiger partial charge in [0.1, 0.15) is 0 Å². The molecule has 2 N–H and O–H groups in total. The highest BCUT2D eigenvalue weighted by Crippen LogP contribution is 2.29. The van der Waals surface area contributed by atoms with E-state index in [1.807, 2.05) is 0 Å². The standard InChI is InChI=1S/C13H24N2O4S.ClH/c1-18-10-13(3-5-14-6-4-13)12(17)15-7-8-20-9-11(16)19-2;/h14H,3-10H2,1-2H3,(H,15,17);1H. The molecule has 0 aromatic carbocycles. The molecule has 6 nitrogen and oxygen atoms in total. The molecule has 1 aliphatic heterocycles. The molecule has 0 aliphatic carbocycles. The van der Waals surface area contributed by atoms with E-state index in [1.54, 1.807) is 7.11 Å². The molecular weight excluding hydrogens is 316 g/mol. The molecule has 0 radical (unpaired) electrons. The van der Waals surface area contributed by atoms with Crippen LogP contribution >= 0.6 is 24.2 Å². The molecule has 0 atom stereocenters. The van der Waals surface area contributed by atoms with E-state index in [-0.39, 0.29) is 24.3 Å². The number of thioether (sulfide) groups is 1. The lowest BCUT2D eigenvalue weighted by molar-refractivity contribution is -0.137. The monoisotopic (exact) mass is 340 g/mol. The van der Waals surface area contributed by atoms with Gasteiger partial charge in [-0.3, -0.25) is 9.59 Å². The van der Waals surface area contributed by atoms with Crippen LogP contribution in [0.15, 0.2) is 0 Å². The van der Waals surface area contributed by atoms with Crippen molar-refractivity contribution >= 4 is 36.0 Å². The number of hydrogen-bond acceptors (Lipinski definition) is 6. The molecule has 1 saturated heterocycles. The number of rotatable bonds is 8. The number of ether oxygens (including phenoxy) is 2. The molecule has 1 heterocycles. The van der Waals surface area contributed by atoms with Gasteiger partial charge in [-0.1, -0.05) is 0 Å². The maximum Gasteiger partial charge on any atom is 0.315 e. The minimum Gasteiger partial charge on any atom is -0.468 e. The Bertz CT molecular complexity index is 320. The minimum absolute atomic E-state index is 0. The van der Waals surface area contributed by atoms with Gasteiger partial charge in [0.25, 0.3) is 0 Å². The van der Waals surface area contributed by atoms with Crippen LogP contribution in [0.25, 0.3) is 0 Å². The summed E-state index contributed by atoms with van der Waals surface area (Å²) in [4.78, 5) is 23.3. The molecule has 0 unspecified atom stereocenters. The van der Waals surface area contributed by atoms with Gasteiger partial charge in [0.2, 0.25) is 5.91 Å². The van der Waals surface area contributed by atoms with E-state index in [1.165, 1.54) is 18.9 Å². The Morgan fingerprint density at radius 1 is 1.29 bits per heavy atom. The normalized spacial score (nSPS) is 16.7. The summed E-state index contributed by atoms with van der Waals surface area (Å²) in [6.45, 7) is 2.69. The summed E-state index contributed by atoms with van der Waals surface area (Å²) in [6.07, 6.45) is 1.59. The maximum absolute atomic E-state index is 12.3. The molecule has 21 heavy (non-hydrogen) atoms. The van der Waals surface area contributed by atoms with E-state index in [2.05, 4.69) is 15.4 Å². The molecule has 1 amide bonds. The van der Waals surface area contributed by atoms with E-state index in [9.17, 15) is 9.59 Å². The number of nitrogens with one attached hydrogen (secondary N) is 2. The summed E-state index contributed by atoms with van der Waals surface area (Å²) in [5.41, 5.74) is -0.410. The first-order chi connectivity index (χ1) is 9.64. The number of piperidine rings is 1. The summed E-state index contributed by atoms with van der Waals surface area (Å²) in [7, 11) is 3.00. The van der Waals surface area contributed by atoms with Crippen molar-refractivity contribution in [1.82, 2.24) is 10.6 Å². The zero-order valence-electron chi connectivity index (χ0n) is 12.6. The number of methoxy groups -OCH3 is 2. The Morgan fingerprint density at radius 2 is 1.95 bits per heavy atom. The molecule has 124 valence electrons. The Balaban J connectivity index is 0.00000400. The molecule has 0 bridgehead atoms. The summed E-state index contributed by atoms with van der Waals surface area (Å²) < 4.78 is 9.77. The van der Waals surface area contributed by atoms with Crippen LogP contribution in [0.2, 0.25) is 0 Å². The highest BCUT2D eigenvalue weighted by Gasteiger charge is 2.39. The first-order valence-corrected chi connectivity index (χ1v) is 7.92. The van der Waals surface area contributed by atoms with Crippen LogP contribution in [0, 0.1) is 5.41 Å². The van der Waals surface area contributed by atoms with Gasteiger partial charge >= 0.3 is 5.97 Å². The summed E-state index contributed by atoms with van der Waals surface area (Å²) in [6, 6.07) is 0. The van der Waals surface area contributed by atoms with Gasteiger partial charge < -0.3 is 20.1 Å². The van der Waals surface area contributed by atoms with Gasteiger partial charge in [0.05, 0.1) is 24.9 Å². The molecule has 0 saturated carbocycles. The number of halogens is 1. The van der Waals surface area contributed by atoms with Gasteiger partial charge in [-0.15, -0.1) is 24.2 Å². The largest absolute Gasteiger partial charge is 0.468 e. The number of amides is 1. The zero-order chi connectivity index (χ0) is 14.8. The third-order valence-electron chi connectivity index (χ3n) is 3.44. The predicted octanol–water partition coefficient (Wildman–Crippen LogP) is 0.447. The molecule has 0 aromatic heterocycles. The van der Waals surface area contributed by atoms with Crippen LogP contribution in [0.3, 0.4) is 0 Å². The van der Waals surface area contributed by atoms with E-state index >= 15 is 0 Å². The second-order valence-corrected chi connectivity index (χ2v) is 5.95. The number of carbonyl (C=O) groups excluding carboxylic acids is 2. The zero-order valence-corrected chi connectivity index (χ0v) is 14.2. The van der Waals surface area contributed by atoms with E-state index in [0.717, 1.165) is 25.9 Å². The van der Waals surface area contributed by atoms with Crippen LogP contribution in [0.4, 0.5) is 0 Å². The van der Waals surface area contributed by atoms with Crippen LogP contribution in [-0.2, 0) is 19.1 Å². The summed E-state index contributed by atoms with van der Waals surface area (Å²) in [5.74, 6) is 0.830. The van der Waals surface area contributed by atoms with Crippen LogP contribution < -0.4 is 10.6 Å². The fraction of sp³-hybridized carbons (Fsp3) is 0.846. The van der Waals surface area contributed by atoms with Crippen molar-refractivity contribution in [2.24, 2.45) is 5.41 Å². The lowest BCUT2D eigenvalue weighted by Crippen LogP contribution is -2.50. The molecular formula is C13H25ClN2O4S. The Labute approximate surface area is 136 Å². The first-order valence-electron chi connectivity index (χ1n) is 6.77. The summed E-state index contributed by atoms with van der Waals surface area (Å²) in [5, 5.41) is 6.21. The third-order valence-corrected chi connectivity index (χ3v) is 4.38. The van der Waals surface area contributed by atoms with Crippen molar-refractivity contribution in [2.45, 2.75) is 12.8 Å². The van der Waals surface area contributed by atoms with Crippen LogP contribution in [-0.4, -0.2) is 63.8 Å². The molecule has 1 rings (SSSR count). The van der Waals surface area contributed by atoms with E-state index in [0.29, 0.717) is 24.7 Å². The van der Waals surface area contributed by atoms with E-state index < -0.39 is 5.41 Å². The topological polar surface area (TPSA) is 76.7 Å². The minimum atomic E-state index is -0.410. The molecule has 8 heteroatoms. The van der Waals surface area contributed by atoms with Crippen molar-refractivity contribution in [3.63, 3.8) is 0 Å². The van der Waals surface area contributed by atoms with Gasteiger partial charge in [0, 0.05) is 19.4 Å². The SMILES string of the molecule is COCC1(C(=O)NCCSCC(=O)OC)CCNCC1.Cl. The van der Waals surface area contributed by atoms with Crippen molar-refractivity contribution in [3.05, 3.63) is 0 Å². The second kappa shape index (κ2) is 11.1. The highest BCUT2D eigenvalue weighted by atomic mass is 35.5. The molecule has 1 aliphatic rings. The van der Waals surface area contributed by atoms with Gasteiger partial charge in [-0.25, -0.2) is 0 Å². The van der Waals surface area contributed by atoms with Crippen molar-refractivity contribution in [1.29, 1.82) is 0 Å². The Kier molecular flexibility index (Phi) is 10.9. The van der Waals surface area contributed by atoms with E-state index in [4.69, 9.17) is 4.74 Å². The highest BCUT2D eigenvalue weighted by molar-refractivity contribution is 7.99. The van der Waals surface area contributed by atoms with Gasteiger partial charge in [0.15, 0.2) is 0 Å². The first kappa shape index (κ1) is 20.5. The number of esters is 1. The average molecular weight is 341 g/mol. The summed E-state index contributed by atoms with van der Waals surface area (Å²) >= 11 is 1.45. The van der Waals surface area contributed by atoms with Crippen molar-refractivity contribution < 1.29 is 19.1 Å². The molecule has 1 fully saturated rings. The Morgan fingerprint density at radius 3 is 2.52 bits per heavy atom. The van der Waals surface area contributed by atoms with Crippen LogP contribution in [0.5, 0.6) is 0 Å². The fourth-order valence-corrected chi connectivity index (χ4v) is 2.93. The van der Waals surface area contributed by atoms with Gasteiger partial charge in [-0.2, -0.15) is 0 Å². The molecule has 0 spiro atoms. The fourth-order valence-electron chi connectivity index (χ4n) is 2.26. The third kappa shape index (κ3) is 6.86. The lowest BCUT2D eigenvalue weighted by atomic mass is 9.78. The molecule has 0 aromatic rings. The predicted molar refractivity (Wildman–Crippen MR) is 86.0 cm³/mol. The smallest absolute Gasteiger partial charge is 0.315 e. The maximum atomic E-state index is 12.3. The van der Waals surface area contributed by atoms with Crippen molar-refractivity contribution in [2.75, 3.05) is 52.0 Å². The average Bonchev–Trinajstić information content (AvgIpc) is 2.47. The van der Waals surface area contributed by atoms with Gasteiger partial charge in [-0.05, 0) is 25.9 Å². The number of carbonyl (C=O) groups is 2. The van der Waals surface area contributed by atoms with Crippen LogP contribution in [0.1, 0.15) is 12.8 Å². The number of hydrogen-bond donors (Lipinski definition) is 2. The Hall–Kier alpha value is -0.500. The quantitative estimate of drug-likeness (QED) is 0.493. The second-order valence-electron chi connectivity index (χ2n) is 4.85.